The van der Waals surface area contributed by atoms with Gasteiger partial charge in [-0.1, -0.05) is 19.8 Å². The average molecular weight is 194 g/mol. The molecule has 0 aromatic rings. The fourth-order valence-electron chi connectivity index (χ4n) is 3.16. The molecule has 0 bridgehead atoms. The summed E-state index contributed by atoms with van der Waals surface area (Å²) in [5, 5.41) is 7.98. The van der Waals surface area contributed by atoms with Crippen molar-refractivity contribution in [2.24, 2.45) is 5.92 Å². The topological polar surface area (TPSA) is 27.1 Å². The van der Waals surface area contributed by atoms with Gasteiger partial charge in [0.25, 0.3) is 0 Å². The smallest absolute Gasteiger partial charge is 0.0957 e. The summed E-state index contributed by atoms with van der Waals surface area (Å²) in [6.45, 7) is 3.25. The first-order chi connectivity index (χ1) is 6.83. The zero-order valence-corrected chi connectivity index (χ0v) is 9.26. The molecule has 2 fully saturated rings. The molecular weight excluding hydrogens is 172 g/mol. The molecule has 2 nitrogen and oxygen atoms in total. The second-order valence-corrected chi connectivity index (χ2v) is 4.75. The van der Waals surface area contributed by atoms with Crippen LogP contribution in [0.25, 0.3) is 0 Å². The van der Waals surface area contributed by atoms with Crippen LogP contribution in [0, 0.1) is 11.3 Å². The fourth-order valence-corrected chi connectivity index (χ4v) is 3.16. The van der Waals surface area contributed by atoms with Crippen molar-refractivity contribution in [1.29, 1.82) is 5.41 Å². The Kier molecular flexibility index (Phi) is 3.09. The summed E-state index contributed by atoms with van der Waals surface area (Å²) >= 11 is 0. The summed E-state index contributed by atoms with van der Waals surface area (Å²) in [6, 6.07) is 0.727. The van der Waals surface area contributed by atoms with Gasteiger partial charge >= 0.3 is 0 Å². The predicted octanol–water partition coefficient (Wildman–Crippen LogP) is 3.03. The summed E-state index contributed by atoms with van der Waals surface area (Å²) < 4.78 is 0. The maximum atomic E-state index is 7.98. The van der Waals surface area contributed by atoms with Crippen molar-refractivity contribution in [3.05, 3.63) is 0 Å². The van der Waals surface area contributed by atoms with E-state index in [9.17, 15) is 0 Å². The van der Waals surface area contributed by atoms with Crippen molar-refractivity contribution in [2.45, 2.75) is 57.9 Å². The lowest BCUT2D eigenvalue weighted by atomic mass is 9.78. The van der Waals surface area contributed by atoms with E-state index < -0.39 is 0 Å². The van der Waals surface area contributed by atoms with E-state index in [1.165, 1.54) is 38.5 Å². The summed E-state index contributed by atoms with van der Waals surface area (Å²) in [4.78, 5) is 2.40. The number of rotatable bonds is 1. The van der Waals surface area contributed by atoms with E-state index in [0.29, 0.717) is 0 Å². The highest BCUT2D eigenvalue weighted by atomic mass is 15.2. The molecule has 0 amide bonds. The van der Waals surface area contributed by atoms with Crippen LogP contribution in [0.5, 0.6) is 0 Å². The predicted molar refractivity (Wildman–Crippen MR) is 59.7 cm³/mol. The van der Waals surface area contributed by atoms with Crippen LogP contribution in [0.15, 0.2) is 0 Å². The van der Waals surface area contributed by atoms with Crippen LogP contribution in [0.3, 0.4) is 0 Å². The molecule has 2 atom stereocenters. The van der Waals surface area contributed by atoms with Crippen molar-refractivity contribution in [3.63, 3.8) is 0 Å². The zero-order chi connectivity index (χ0) is 9.97. The van der Waals surface area contributed by atoms with Gasteiger partial charge in [0.2, 0.25) is 0 Å². The van der Waals surface area contributed by atoms with Gasteiger partial charge in [0, 0.05) is 19.0 Å². The van der Waals surface area contributed by atoms with Crippen molar-refractivity contribution >= 4 is 5.84 Å². The Morgan fingerprint density at radius 1 is 1.21 bits per heavy atom. The number of fused-ring (bicyclic) bond motifs is 1. The SMILES string of the molecule is CCC(=N)N1CCCC2CCCCC21. The Labute approximate surface area is 87.2 Å². The standard InChI is InChI=1S/C12H22N2/c1-2-12(13)14-9-5-7-10-6-3-4-8-11(10)14/h10-11,13H,2-9H2,1H3. The normalized spacial score (nSPS) is 32.5. The summed E-state index contributed by atoms with van der Waals surface area (Å²) in [5.74, 6) is 1.78. The van der Waals surface area contributed by atoms with Gasteiger partial charge in [-0.05, 0) is 31.6 Å². The number of nitrogens with zero attached hydrogens (tertiary/aromatic N) is 1. The quantitative estimate of drug-likeness (QED) is 0.504. The van der Waals surface area contributed by atoms with E-state index in [1.54, 1.807) is 0 Å². The van der Waals surface area contributed by atoms with E-state index >= 15 is 0 Å². The van der Waals surface area contributed by atoms with Crippen LogP contribution < -0.4 is 0 Å². The number of amidine groups is 1. The lowest BCUT2D eigenvalue weighted by Gasteiger charge is -2.45. The molecule has 0 aromatic heterocycles. The number of nitrogens with one attached hydrogen (secondary N) is 1. The lowest BCUT2D eigenvalue weighted by molar-refractivity contribution is 0.117. The zero-order valence-electron chi connectivity index (χ0n) is 9.26. The Balaban J connectivity index is 2.04. The van der Waals surface area contributed by atoms with Crippen LogP contribution in [0.1, 0.15) is 51.9 Å². The molecular formula is C12H22N2. The third-order valence-electron chi connectivity index (χ3n) is 3.92. The minimum Gasteiger partial charge on any atom is -0.357 e. The molecule has 1 saturated carbocycles. The van der Waals surface area contributed by atoms with Crippen molar-refractivity contribution in [2.75, 3.05) is 6.54 Å². The van der Waals surface area contributed by atoms with Crippen LogP contribution >= 0.6 is 0 Å². The number of hydrogen-bond acceptors (Lipinski definition) is 1. The van der Waals surface area contributed by atoms with Crippen molar-refractivity contribution < 1.29 is 0 Å². The van der Waals surface area contributed by atoms with Crippen molar-refractivity contribution in [1.82, 2.24) is 4.90 Å². The van der Waals surface area contributed by atoms with Crippen LogP contribution in [0.4, 0.5) is 0 Å². The molecule has 80 valence electrons. The fraction of sp³-hybridized carbons (Fsp3) is 0.917. The molecule has 1 N–H and O–H groups in total. The maximum absolute atomic E-state index is 7.98. The molecule has 0 spiro atoms. The van der Waals surface area contributed by atoms with Crippen LogP contribution in [0.2, 0.25) is 0 Å². The monoisotopic (exact) mass is 194 g/mol. The Morgan fingerprint density at radius 2 is 1.93 bits per heavy atom. The molecule has 1 aliphatic heterocycles. The molecule has 0 radical (unpaired) electrons. The van der Waals surface area contributed by atoms with Crippen molar-refractivity contribution in [3.8, 4) is 0 Å². The molecule has 2 heteroatoms. The van der Waals surface area contributed by atoms with Gasteiger partial charge in [0.1, 0.15) is 0 Å². The van der Waals surface area contributed by atoms with E-state index in [2.05, 4.69) is 11.8 Å². The molecule has 2 rings (SSSR count). The second-order valence-electron chi connectivity index (χ2n) is 4.75. The number of hydrogen-bond donors (Lipinski definition) is 1. The highest BCUT2D eigenvalue weighted by molar-refractivity contribution is 5.79. The van der Waals surface area contributed by atoms with Gasteiger partial charge in [0.05, 0.1) is 5.84 Å². The van der Waals surface area contributed by atoms with E-state index in [4.69, 9.17) is 5.41 Å². The van der Waals surface area contributed by atoms with Gasteiger partial charge < -0.3 is 4.90 Å². The van der Waals surface area contributed by atoms with E-state index in [1.807, 2.05) is 0 Å². The molecule has 2 unspecified atom stereocenters. The number of piperidine rings is 1. The average Bonchev–Trinajstić information content (AvgIpc) is 2.27. The van der Waals surface area contributed by atoms with Gasteiger partial charge in [-0.25, -0.2) is 0 Å². The lowest BCUT2D eigenvalue weighted by Crippen LogP contribution is -2.49. The third kappa shape index (κ3) is 1.79. The summed E-state index contributed by atoms with van der Waals surface area (Å²) in [7, 11) is 0. The highest BCUT2D eigenvalue weighted by Crippen LogP contribution is 2.35. The van der Waals surface area contributed by atoms with Crippen LogP contribution in [-0.4, -0.2) is 23.3 Å². The minimum atomic E-state index is 0.727. The van der Waals surface area contributed by atoms with Gasteiger partial charge in [-0.2, -0.15) is 0 Å². The molecule has 1 aliphatic carbocycles. The Bertz CT molecular complexity index is 210. The minimum absolute atomic E-state index is 0.727. The molecule has 1 heterocycles. The largest absolute Gasteiger partial charge is 0.357 e. The van der Waals surface area contributed by atoms with Crippen LogP contribution in [-0.2, 0) is 0 Å². The summed E-state index contributed by atoms with van der Waals surface area (Å²) in [5.41, 5.74) is 0. The molecule has 0 aromatic carbocycles. The Morgan fingerprint density at radius 3 is 2.71 bits per heavy atom. The maximum Gasteiger partial charge on any atom is 0.0957 e. The molecule has 14 heavy (non-hydrogen) atoms. The van der Waals surface area contributed by atoms with E-state index in [0.717, 1.165) is 30.8 Å². The summed E-state index contributed by atoms with van der Waals surface area (Å²) in [6.07, 6.45) is 9.19. The first-order valence-electron chi connectivity index (χ1n) is 6.17. The first kappa shape index (κ1) is 10.0. The second kappa shape index (κ2) is 4.33. The van der Waals surface area contributed by atoms with E-state index in [-0.39, 0.29) is 0 Å². The molecule has 1 saturated heterocycles. The first-order valence-corrected chi connectivity index (χ1v) is 6.17. The molecule has 2 aliphatic rings. The third-order valence-corrected chi connectivity index (χ3v) is 3.92. The highest BCUT2D eigenvalue weighted by Gasteiger charge is 2.33. The van der Waals surface area contributed by atoms with Gasteiger partial charge in [0.15, 0.2) is 0 Å². The van der Waals surface area contributed by atoms with Gasteiger partial charge in [-0.3, -0.25) is 5.41 Å². The Hall–Kier alpha value is -0.530. The van der Waals surface area contributed by atoms with Gasteiger partial charge in [-0.15, -0.1) is 0 Å². The number of likely N-dealkylation sites (tertiary alicyclic amines) is 1.